The highest BCUT2D eigenvalue weighted by molar-refractivity contribution is 5.00. The molecule has 1 heterocycles. The Balaban J connectivity index is 1.66. The zero-order valence-corrected chi connectivity index (χ0v) is 14.3. The van der Waals surface area contributed by atoms with Gasteiger partial charge in [0.15, 0.2) is 0 Å². The van der Waals surface area contributed by atoms with Crippen molar-refractivity contribution >= 4 is 0 Å². The number of hydrogen-bond acceptors (Lipinski definition) is 2. The number of hydrogen-bond donors (Lipinski definition) is 1. The van der Waals surface area contributed by atoms with Gasteiger partial charge in [0.25, 0.3) is 0 Å². The second kappa shape index (κ2) is 5.53. The van der Waals surface area contributed by atoms with E-state index in [9.17, 15) is 5.11 Å². The normalized spacial score (nSPS) is 40.6. The molecule has 3 aliphatic rings. The SMILES string of the molecule is CC(C)(C)C1CCCC(O)(C2CCOC3(CCC3)C2)CC1. The first-order chi connectivity index (χ1) is 9.83. The first-order valence-corrected chi connectivity index (χ1v) is 9.19. The highest BCUT2D eigenvalue weighted by Crippen LogP contribution is 2.50. The van der Waals surface area contributed by atoms with Gasteiger partial charge in [-0.25, -0.2) is 0 Å². The Morgan fingerprint density at radius 2 is 1.71 bits per heavy atom. The van der Waals surface area contributed by atoms with E-state index in [0.717, 1.165) is 38.2 Å². The summed E-state index contributed by atoms with van der Waals surface area (Å²) in [5, 5.41) is 11.4. The smallest absolute Gasteiger partial charge is 0.0686 e. The molecule has 3 rings (SSSR count). The Kier molecular flexibility index (Phi) is 4.16. The maximum Gasteiger partial charge on any atom is 0.0686 e. The van der Waals surface area contributed by atoms with Crippen molar-refractivity contribution in [3.8, 4) is 0 Å². The van der Waals surface area contributed by atoms with Gasteiger partial charge < -0.3 is 9.84 Å². The van der Waals surface area contributed by atoms with Crippen LogP contribution in [0.25, 0.3) is 0 Å². The van der Waals surface area contributed by atoms with E-state index in [1.54, 1.807) is 0 Å². The van der Waals surface area contributed by atoms with Crippen LogP contribution in [0.1, 0.15) is 85.0 Å². The van der Waals surface area contributed by atoms with Gasteiger partial charge in [0, 0.05) is 6.61 Å². The lowest BCUT2D eigenvalue weighted by molar-refractivity contribution is -0.177. The third-order valence-electron chi connectivity index (χ3n) is 6.83. The largest absolute Gasteiger partial charge is 0.390 e. The molecule has 1 N–H and O–H groups in total. The van der Waals surface area contributed by atoms with E-state index in [0.29, 0.717) is 11.3 Å². The average Bonchev–Trinajstić information content (AvgIpc) is 2.60. The quantitative estimate of drug-likeness (QED) is 0.711. The molecule has 122 valence electrons. The molecule has 21 heavy (non-hydrogen) atoms. The van der Waals surface area contributed by atoms with Crippen LogP contribution in [0.4, 0.5) is 0 Å². The Morgan fingerprint density at radius 3 is 2.33 bits per heavy atom. The second-order valence-electron chi connectivity index (χ2n) is 9.17. The molecule has 3 atom stereocenters. The molecule has 1 saturated heterocycles. The third kappa shape index (κ3) is 3.17. The van der Waals surface area contributed by atoms with Crippen LogP contribution >= 0.6 is 0 Å². The topological polar surface area (TPSA) is 29.5 Å². The van der Waals surface area contributed by atoms with Crippen molar-refractivity contribution in [3.63, 3.8) is 0 Å². The maximum atomic E-state index is 11.4. The highest BCUT2D eigenvalue weighted by atomic mass is 16.5. The van der Waals surface area contributed by atoms with Crippen LogP contribution in [-0.2, 0) is 4.74 Å². The van der Waals surface area contributed by atoms with Crippen molar-refractivity contribution in [2.75, 3.05) is 6.61 Å². The maximum absolute atomic E-state index is 11.4. The number of rotatable bonds is 1. The summed E-state index contributed by atoms with van der Waals surface area (Å²) >= 11 is 0. The summed E-state index contributed by atoms with van der Waals surface area (Å²) in [6, 6.07) is 0. The number of aliphatic hydroxyl groups is 1. The summed E-state index contributed by atoms with van der Waals surface area (Å²) in [6.45, 7) is 7.95. The molecule has 0 aromatic heterocycles. The van der Waals surface area contributed by atoms with Gasteiger partial charge in [-0.15, -0.1) is 0 Å². The molecule has 2 aliphatic carbocycles. The minimum absolute atomic E-state index is 0.161. The van der Waals surface area contributed by atoms with Crippen molar-refractivity contribution in [2.45, 2.75) is 96.2 Å². The van der Waals surface area contributed by atoms with Crippen LogP contribution in [0.15, 0.2) is 0 Å². The summed E-state index contributed by atoms with van der Waals surface area (Å²) in [5.74, 6) is 1.24. The Morgan fingerprint density at radius 1 is 0.952 bits per heavy atom. The Bertz CT molecular complexity index is 366. The molecule has 1 spiro atoms. The van der Waals surface area contributed by atoms with E-state index in [-0.39, 0.29) is 5.60 Å². The van der Waals surface area contributed by atoms with Gasteiger partial charge in [-0.3, -0.25) is 0 Å². The molecular formula is C19H34O2. The van der Waals surface area contributed by atoms with Gasteiger partial charge >= 0.3 is 0 Å². The summed E-state index contributed by atoms with van der Waals surface area (Å²) in [4.78, 5) is 0. The zero-order chi connectivity index (χ0) is 15.1. The van der Waals surface area contributed by atoms with E-state index in [2.05, 4.69) is 20.8 Å². The summed E-state index contributed by atoms with van der Waals surface area (Å²) in [5.41, 5.74) is 0.136. The van der Waals surface area contributed by atoms with Crippen molar-refractivity contribution in [1.29, 1.82) is 0 Å². The molecule has 0 aromatic rings. The van der Waals surface area contributed by atoms with Crippen LogP contribution in [0, 0.1) is 17.3 Å². The van der Waals surface area contributed by atoms with Gasteiger partial charge in [-0.2, -0.15) is 0 Å². The van der Waals surface area contributed by atoms with Gasteiger partial charge in [0.1, 0.15) is 0 Å². The van der Waals surface area contributed by atoms with E-state index in [4.69, 9.17) is 4.74 Å². The number of ether oxygens (including phenoxy) is 1. The lowest BCUT2D eigenvalue weighted by Gasteiger charge is -2.51. The van der Waals surface area contributed by atoms with E-state index in [1.165, 1.54) is 38.5 Å². The van der Waals surface area contributed by atoms with Crippen molar-refractivity contribution in [3.05, 3.63) is 0 Å². The van der Waals surface area contributed by atoms with Crippen molar-refractivity contribution < 1.29 is 9.84 Å². The average molecular weight is 294 g/mol. The first kappa shape index (κ1) is 15.8. The fourth-order valence-electron chi connectivity index (χ4n) is 5.03. The first-order valence-electron chi connectivity index (χ1n) is 9.19. The molecule has 0 bridgehead atoms. The molecular weight excluding hydrogens is 260 g/mol. The molecule has 3 unspecified atom stereocenters. The lowest BCUT2D eigenvalue weighted by atomic mass is 9.66. The Hall–Kier alpha value is -0.0800. The van der Waals surface area contributed by atoms with Gasteiger partial charge in [-0.05, 0) is 75.0 Å². The van der Waals surface area contributed by atoms with Crippen molar-refractivity contribution in [1.82, 2.24) is 0 Å². The Labute approximate surface area is 130 Å². The summed E-state index contributed by atoms with van der Waals surface area (Å²) in [6.07, 6.45) is 11.7. The van der Waals surface area contributed by atoms with E-state index >= 15 is 0 Å². The molecule has 0 radical (unpaired) electrons. The molecule has 2 nitrogen and oxygen atoms in total. The lowest BCUT2D eigenvalue weighted by Crippen LogP contribution is -2.51. The molecule has 3 fully saturated rings. The predicted molar refractivity (Wildman–Crippen MR) is 86.2 cm³/mol. The highest BCUT2D eigenvalue weighted by Gasteiger charge is 2.49. The fraction of sp³-hybridized carbons (Fsp3) is 1.00. The van der Waals surface area contributed by atoms with Crippen LogP contribution in [-0.4, -0.2) is 22.9 Å². The van der Waals surface area contributed by atoms with Crippen LogP contribution < -0.4 is 0 Å². The van der Waals surface area contributed by atoms with Crippen LogP contribution in [0.5, 0.6) is 0 Å². The molecule has 1 aliphatic heterocycles. The molecule has 0 aromatic carbocycles. The minimum Gasteiger partial charge on any atom is -0.390 e. The fourth-order valence-corrected chi connectivity index (χ4v) is 5.03. The van der Waals surface area contributed by atoms with Gasteiger partial charge in [0.05, 0.1) is 11.2 Å². The van der Waals surface area contributed by atoms with Crippen LogP contribution in [0.3, 0.4) is 0 Å². The molecule has 2 saturated carbocycles. The summed E-state index contributed by atoms with van der Waals surface area (Å²) < 4.78 is 6.06. The molecule has 2 heteroatoms. The standard InChI is InChI=1S/C19H34O2/c1-17(2,3)15-6-4-11-19(20,12-7-15)16-8-13-21-18(14-16)9-5-10-18/h15-16,20H,4-14H2,1-3H3. The summed E-state index contributed by atoms with van der Waals surface area (Å²) in [7, 11) is 0. The minimum atomic E-state index is -0.410. The monoisotopic (exact) mass is 294 g/mol. The molecule has 0 amide bonds. The predicted octanol–water partition coefficient (Wildman–Crippen LogP) is 4.69. The van der Waals surface area contributed by atoms with E-state index < -0.39 is 5.60 Å². The van der Waals surface area contributed by atoms with Crippen LogP contribution in [0.2, 0.25) is 0 Å². The van der Waals surface area contributed by atoms with Gasteiger partial charge in [0.2, 0.25) is 0 Å². The van der Waals surface area contributed by atoms with Crippen molar-refractivity contribution in [2.24, 2.45) is 17.3 Å². The van der Waals surface area contributed by atoms with Gasteiger partial charge in [-0.1, -0.05) is 27.2 Å². The zero-order valence-electron chi connectivity index (χ0n) is 14.3. The third-order valence-corrected chi connectivity index (χ3v) is 6.83. The van der Waals surface area contributed by atoms with E-state index in [1.807, 2.05) is 0 Å². The second-order valence-corrected chi connectivity index (χ2v) is 9.17.